The average molecular weight is 428 g/mol. The van der Waals surface area contributed by atoms with Crippen molar-refractivity contribution < 1.29 is 26.4 Å². The molecular weight excluding hydrogens is 403 g/mol. The van der Waals surface area contributed by atoms with Gasteiger partial charge < -0.3 is 5.32 Å². The summed E-state index contributed by atoms with van der Waals surface area (Å²) in [6, 6.07) is 2.49. The average Bonchev–Trinajstić information content (AvgIpc) is 3.19. The van der Waals surface area contributed by atoms with E-state index in [4.69, 9.17) is 0 Å². The van der Waals surface area contributed by atoms with Crippen LogP contribution in [0.5, 0.6) is 0 Å². The summed E-state index contributed by atoms with van der Waals surface area (Å²) in [5.74, 6) is -0.400. The van der Waals surface area contributed by atoms with Gasteiger partial charge in [-0.2, -0.15) is 17.5 Å². The molecule has 0 aromatic carbocycles. The topological polar surface area (TPSA) is 69.7 Å². The molecule has 0 bridgehead atoms. The first-order valence-corrected chi connectivity index (χ1v) is 10.9. The van der Waals surface area contributed by atoms with Crippen LogP contribution in [-0.4, -0.2) is 69.0 Å². The molecule has 1 aromatic heterocycles. The third-order valence-corrected chi connectivity index (χ3v) is 7.63. The number of alkyl halides is 3. The smallest absolute Gasteiger partial charge is 0.355 e. The molecule has 11 heteroatoms. The van der Waals surface area contributed by atoms with Gasteiger partial charge in [0.05, 0.1) is 6.54 Å². The number of carbonyl (C=O) groups excluding carboxylic acids is 1. The maximum atomic E-state index is 12.8. The summed E-state index contributed by atoms with van der Waals surface area (Å²) in [6.45, 7) is 1.47. The first kappa shape index (κ1) is 22.1. The molecule has 1 aliphatic heterocycles. The van der Waals surface area contributed by atoms with E-state index in [-0.39, 0.29) is 23.8 Å². The van der Waals surface area contributed by atoms with Crippen LogP contribution < -0.4 is 5.32 Å². The van der Waals surface area contributed by atoms with Crippen molar-refractivity contribution in [3.63, 3.8) is 0 Å². The molecule has 1 N–H and O–H groups in total. The zero-order valence-corrected chi connectivity index (χ0v) is 16.9. The second-order valence-corrected chi connectivity index (χ2v) is 10.0. The molecule has 1 amide bonds. The second kappa shape index (κ2) is 8.89. The standard InChI is InChI=1S/C16H24F3N3O3S2/c1-12-6-7-14(26-12)27(24,25)22-10-3-5-13(22)15(23)20-8-4-9-21(2)11-16(17,18)19/h6-7,13H,3-5,8-11H2,1-2H3,(H,20,23). The number of amides is 1. The van der Waals surface area contributed by atoms with Crippen molar-refractivity contribution in [3.05, 3.63) is 17.0 Å². The number of nitrogens with zero attached hydrogens (tertiary/aromatic N) is 2. The summed E-state index contributed by atoms with van der Waals surface area (Å²) in [4.78, 5) is 14.4. The van der Waals surface area contributed by atoms with E-state index in [0.717, 1.165) is 9.78 Å². The summed E-state index contributed by atoms with van der Waals surface area (Å²) in [5.41, 5.74) is 0. The molecule has 1 aromatic rings. The lowest BCUT2D eigenvalue weighted by molar-refractivity contribution is -0.143. The minimum Gasteiger partial charge on any atom is -0.355 e. The number of thiophene rings is 1. The predicted molar refractivity (Wildman–Crippen MR) is 97.1 cm³/mol. The van der Waals surface area contributed by atoms with Gasteiger partial charge in [0.2, 0.25) is 5.91 Å². The SMILES string of the molecule is Cc1ccc(S(=O)(=O)N2CCCC2C(=O)NCCCN(C)CC(F)(F)F)s1. The van der Waals surface area contributed by atoms with Gasteiger partial charge in [-0.3, -0.25) is 9.69 Å². The van der Waals surface area contributed by atoms with Gasteiger partial charge in [0.25, 0.3) is 10.0 Å². The van der Waals surface area contributed by atoms with Crippen molar-refractivity contribution in [2.45, 2.75) is 42.6 Å². The molecule has 0 radical (unpaired) electrons. The Morgan fingerprint density at radius 3 is 2.70 bits per heavy atom. The summed E-state index contributed by atoms with van der Waals surface area (Å²) in [6.07, 6.45) is -2.88. The molecule has 1 atom stereocenters. The van der Waals surface area contributed by atoms with Crippen LogP contribution in [0.2, 0.25) is 0 Å². The Hall–Kier alpha value is -1.17. The lowest BCUT2D eigenvalue weighted by atomic mass is 10.2. The summed E-state index contributed by atoms with van der Waals surface area (Å²) in [7, 11) is -2.35. The molecule has 2 heterocycles. The van der Waals surface area contributed by atoms with E-state index >= 15 is 0 Å². The van der Waals surface area contributed by atoms with E-state index in [9.17, 15) is 26.4 Å². The molecule has 1 aliphatic rings. The van der Waals surface area contributed by atoms with Crippen LogP contribution >= 0.6 is 11.3 Å². The molecule has 0 spiro atoms. The van der Waals surface area contributed by atoms with Gasteiger partial charge in [-0.15, -0.1) is 11.3 Å². The summed E-state index contributed by atoms with van der Waals surface area (Å²) < 4.78 is 63.8. The van der Waals surface area contributed by atoms with Gasteiger partial charge in [-0.1, -0.05) is 0 Å². The number of nitrogens with one attached hydrogen (secondary N) is 1. The predicted octanol–water partition coefficient (Wildman–Crippen LogP) is 2.21. The number of halogens is 3. The van der Waals surface area contributed by atoms with Gasteiger partial charge in [0.15, 0.2) is 0 Å². The monoisotopic (exact) mass is 427 g/mol. The second-order valence-electron chi connectivity index (χ2n) is 6.64. The quantitative estimate of drug-likeness (QED) is 0.646. The molecule has 0 saturated carbocycles. The molecule has 6 nitrogen and oxygen atoms in total. The maximum absolute atomic E-state index is 12.8. The van der Waals surface area contributed by atoms with Gasteiger partial charge in [0.1, 0.15) is 10.3 Å². The fourth-order valence-electron chi connectivity index (χ4n) is 3.02. The highest BCUT2D eigenvalue weighted by atomic mass is 32.2. The number of hydrogen-bond donors (Lipinski definition) is 1. The van der Waals surface area contributed by atoms with Crippen molar-refractivity contribution in [1.29, 1.82) is 0 Å². The lowest BCUT2D eigenvalue weighted by Gasteiger charge is -2.23. The number of rotatable bonds is 8. The van der Waals surface area contributed by atoms with E-state index in [1.54, 1.807) is 12.1 Å². The van der Waals surface area contributed by atoms with Crippen molar-refractivity contribution >= 4 is 27.3 Å². The summed E-state index contributed by atoms with van der Waals surface area (Å²) in [5, 5.41) is 2.65. The highest BCUT2D eigenvalue weighted by Crippen LogP contribution is 2.30. The fourth-order valence-corrected chi connectivity index (χ4v) is 6.09. The third kappa shape index (κ3) is 6.16. The molecule has 27 heavy (non-hydrogen) atoms. The van der Waals surface area contributed by atoms with Gasteiger partial charge in [0, 0.05) is 18.0 Å². The van der Waals surface area contributed by atoms with Crippen molar-refractivity contribution in [2.75, 3.05) is 33.2 Å². The molecule has 2 rings (SSSR count). The number of hydrogen-bond acceptors (Lipinski definition) is 5. The Balaban J connectivity index is 1.87. The Morgan fingerprint density at radius 2 is 2.11 bits per heavy atom. The first-order chi connectivity index (χ1) is 12.5. The van der Waals surface area contributed by atoms with E-state index in [0.29, 0.717) is 19.3 Å². The Morgan fingerprint density at radius 1 is 1.41 bits per heavy atom. The Labute approximate surface area is 161 Å². The van der Waals surface area contributed by atoms with E-state index < -0.39 is 34.7 Å². The number of sulfonamides is 1. The number of carbonyl (C=O) groups is 1. The molecule has 1 fully saturated rings. The third-order valence-electron chi connectivity index (χ3n) is 4.25. The molecule has 0 aliphatic carbocycles. The van der Waals surface area contributed by atoms with Crippen molar-refractivity contribution in [2.24, 2.45) is 0 Å². The highest BCUT2D eigenvalue weighted by molar-refractivity contribution is 7.91. The normalized spacial score (nSPS) is 19.0. The lowest BCUT2D eigenvalue weighted by Crippen LogP contribution is -2.46. The van der Waals surface area contributed by atoms with Crippen LogP contribution in [0.25, 0.3) is 0 Å². The van der Waals surface area contributed by atoms with E-state index in [1.807, 2.05) is 6.92 Å². The first-order valence-electron chi connectivity index (χ1n) is 8.62. The van der Waals surface area contributed by atoms with E-state index in [2.05, 4.69) is 5.32 Å². The van der Waals surface area contributed by atoms with E-state index in [1.165, 1.54) is 22.7 Å². The molecule has 1 saturated heterocycles. The Bertz CT molecular complexity index is 750. The van der Waals surface area contributed by atoms with Crippen LogP contribution in [0.4, 0.5) is 13.2 Å². The van der Waals surface area contributed by atoms with Crippen LogP contribution in [0.15, 0.2) is 16.3 Å². The largest absolute Gasteiger partial charge is 0.401 e. The van der Waals surface area contributed by atoms with Crippen molar-refractivity contribution in [1.82, 2.24) is 14.5 Å². The van der Waals surface area contributed by atoms with Crippen LogP contribution in [0.3, 0.4) is 0 Å². The zero-order valence-electron chi connectivity index (χ0n) is 15.3. The fraction of sp³-hybridized carbons (Fsp3) is 0.688. The highest BCUT2D eigenvalue weighted by Gasteiger charge is 2.39. The number of aryl methyl sites for hydroxylation is 1. The minimum absolute atomic E-state index is 0.181. The van der Waals surface area contributed by atoms with Crippen LogP contribution in [-0.2, 0) is 14.8 Å². The Kier molecular flexibility index (Phi) is 7.28. The summed E-state index contributed by atoms with van der Waals surface area (Å²) >= 11 is 1.17. The molecule has 154 valence electrons. The van der Waals surface area contributed by atoms with Crippen molar-refractivity contribution in [3.8, 4) is 0 Å². The molecular formula is C16H24F3N3O3S2. The maximum Gasteiger partial charge on any atom is 0.401 e. The van der Waals surface area contributed by atoms with Crippen LogP contribution in [0, 0.1) is 6.92 Å². The molecule has 1 unspecified atom stereocenters. The van der Waals surface area contributed by atoms with Crippen LogP contribution in [0.1, 0.15) is 24.1 Å². The minimum atomic E-state index is -4.25. The van der Waals surface area contributed by atoms with Gasteiger partial charge >= 0.3 is 6.18 Å². The van der Waals surface area contributed by atoms with Gasteiger partial charge in [-0.25, -0.2) is 8.42 Å². The zero-order chi connectivity index (χ0) is 20.2. The van der Waals surface area contributed by atoms with Gasteiger partial charge in [-0.05, 0) is 51.9 Å².